The number of Topliss-reactive ketones (excluding diaryl/α,β-unsaturated/α-hetero) is 1. The van der Waals surface area contributed by atoms with E-state index in [4.69, 9.17) is 22.3 Å². The maximum atomic E-state index is 13.5. The molecule has 15 heteroatoms. The van der Waals surface area contributed by atoms with Crippen LogP contribution in [-0.4, -0.2) is 94.5 Å². The van der Waals surface area contributed by atoms with Crippen molar-refractivity contribution in [2.24, 2.45) is 11.5 Å². The van der Waals surface area contributed by atoms with Crippen molar-refractivity contribution in [2.45, 2.75) is 38.1 Å². The van der Waals surface area contributed by atoms with Gasteiger partial charge < -0.3 is 32.1 Å². The van der Waals surface area contributed by atoms with Crippen LogP contribution in [-0.2, 0) is 19.2 Å². The van der Waals surface area contributed by atoms with Crippen LogP contribution in [0.1, 0.15) is 48.5 Å². The fourth-order valence-corrected chi connectivity index (χ4v) is 4.23. The van der Waals surface area contributed by atoms with E-state index in [9.17, 15) is 29.1 Å². The Morgan fingerprint density at radius 1 is 1.00 bits per heavy atom. The van der Waals surface area contributed by atoms with Gasteiger partial charge in [-0.1, -0.05) is 12.1 Å². The lowest BCUT2D eigenvalue weighted by Crippen LogP contribution is -2.73. The second-order valence-electron chi connectivity index (χ2n) is 9.02. The highest BCUT2D eigenvalue weighted by atomic mass is 16.4. The molecular weight excluding hydrogens is 510 g/mol. The summed E-state index contributed by atoms with van der Waals surface area (Å²) in [5.74, 6) is -3.81. The Morgan fingerprint density at radius 2 is 1.62 bits per heavy atom. The van der Waals surface area contributed by atoms with Crippen LogP contribution in [0.2, 0.25) is 0 Å². The van der Waals surface area contributed by atoms with Crippen LogP contribution >= 0.6 is 0 Å². The lowest BCUT2D eigenvalue weighted by molar-refractivity contribution is -0.165. The van der Waals surface area contributed by atoms with Gasteiger partial charge in [0.15, 0.2) is 17.3 Å². The predicted molar refractivity (Wildman–Crippen MR) is 141 cm³/mol. The summed E-state index contributed by atoms with van der Waals surface area (Å²) in [7, 11) is 0. The van der Waals surface area contributed by atoms with E-state index in [-0.39, 0.29) is 62.2 Å². The number of nitrogen functional groups attached to an aromatic ring is 1. The van der Waals surface area contributed by atoms with Gasteiger partial charge in [-0.25, -0.2) is 0 Å². The average Bonchev–Trinajstić information content (AvgIpc) is 2.87. The molecule has 1 unspecified atom stereocenters. The first-order chi connectivity index (χ1) is 18.4. The Balaban J connectivity index is 2.16. The molecule has 3 amide bonds. The molecule has 0 aromatic heterocycles. The lowest BCUT2D eigenvalue weighted by Gasteiger charge is -2.47. The van der Waals surface area contributed by atoms with Crippen molar-refractivity contribution in [2.75, 3.05) is 32.7 Å². The number of amides is 3. The summed E-state index contributed by atoms with van der Waals surface area (Å²) in [6, 6.07) is 5.88. The number of carbonyl (C=O) groups excluding carboxylic acids is 4. The van der Waals surface area contributed by atoms with Crippen molar-refractivity contribution in [3.8, 4) is 0 Å². The molecule has 0 radical (unpaired) electrons. The Hall–Kier alpha value is -4.53. The van der Waals surface area contributed by atoms with E-state index in [0.29, 0.717) is 18.5 Å². The minimum absolute atomic E-state index is 0.00855. The number of guanidine groups is 1. The maximum absolute atomic E-state index is 13.5. The normalized spacial score (nSPS) is 17.3. The van der Waals surface area contributed by atoms with E-state index >= 15 is 0 Å². The standard InChI is InChI=1S/C24H35N9O6/c1-15(34)24(9-3-11-29-18(35)4-2-10-30-23(27)28)22(39)32(14-19(36)37)12-13-33(24)31-21(38)17-7-5-16(6-8-17)20(25)26/h5-8H,2-4,9-14H2,1H3,(H3,25,26)(H,29,35)(H,31,38)(H,36,37)(H4,27,28,30). The summed E-state index contributed by atoms with van der Waals surface area (Å²) in [6.07, 6.45) is 0.711. The van der Waals surface area contributed by atoms with E-state index in [1.165, 1.54) is 36.2 Å². The number of amidine groups is 1. The third-order valence-corrected chi connectivity index (χ3v) is 6.23. The summed E-state index contributed by atoms with van der Waals surface area (Å²) in [5, 5.41) is 30.4. The molecular formula is C24H35N9O6. The Bertz CT molecular complexity index is 1120. The highest BCUT2D eigenvalue weighted by Crippen LogP contribution is 2.28. The SMILES string of the molecule is CC(=O)C1(CCCNC(=O)CCCNC(=N)N)C(=O)N(CC(=O)O)CCN1NC(=O)c1ccc(C(=N)N)cc1. The largest absolute Gasteiger partial charge is 0.480 e. The molecule has 0 aliphatic carbocycles. The van der Waals surface area contributed by atoms with Gasteiger partial charge >= 0.3 is 5.97 Å². The van der Waals surface area contributed by atoms with Crippen LogP contribution in [0.25, 0.3) is 0 Å². The highest BCUT2D eigenvalue weighted by molar-refractivity contribution is 6.11. The first kappa shape index (κ1) is 30.7. The van der Waals surface area contributed by atoms with Crippen LogP contribution < -0.4 is 27.5 Å². The van der Waals surface area contributed by atoms with Crippen LogP contribution in [0.3, 0.4) is 0 Å². The third kappa shape index (κ3) is 8.23. The lowest BCUT2D eigenvalue weighted by atomic mass is 9.84. The van der Waals surface area contributed by atoms with Crippen molar-refractivity contribution in [3.05, 3.63) is 35.4 Å². The number of hydrazine groups is 1. The number of piperazine rings is 1. The second kappa shape index (κ2) is 13.9. The Morgan fingerprint density at radius 3 is 2.18 bits per heavy atom. The topological polar surface area (TPSA) is 248 Å². The molecule has 39 heavy (non-hydrogen) atoms. The number of carboxylic acids is 1. The summed E-state index contributed by atoms with van der Waals surface area (Å²) >= 11 is 0. The predicted octanol–water partition coefficient (Wildman–Crippen LogP) is -1.67. The van der Waals surface area contributed by atoms with E-state index < -0.39 is 35.7 Å². The Kier molecular flexibility index (Phi) is 10.9. The first-order valence-electron chi connectivity index (χ1n) is 12.3. The zero-order chi connectivity index (χ0) is 29.2. The van der Waals surface area contributed by atoms with Gasteiger partial charge in [-0.15, -0.1) is 0 Å². The number of nitrogens with one attached hydrogen (secondary N) is 5. The van der Waals surface area contributed by atoms with Gasteiger partial charge in [0.1, 0.15) is 12.4 Å². The molecule has 0 bridgehead atoms. The summed E-state index contributed by atoms with van der Waals surface area (Å²) < 4.78 is 0. The Labute approximate surface area is 225 Å². The molecule has 1 aromatic carbocycles. The van der Waals surface area contributed by atoms with Gasteiger partial charge in [0.05, 0.1) is 0 Å². The molecule has 2 rings (SSSR count). The average molecular weight is 546 g/mol. The number of hydrogen-bond acceptors (Lipinski definition) is 8. The minimum Gasteiger partial charge on any atom is -0.480 e. The zero-order valence-corrected chi connectivity index (χ0v) is 21.7. The summed E-state index contributed by atoms with van der Waals surface area (Å²) in [6.45, 7) is 1.04. The molecule has 1 fully saturated rings. The quantitative estimate of drug-likeness (QED) is 0.0571. The second-order valence-corrected chi connectivity index (χ2v) is 9.02. The van der Waals surface area contributed by atoms with E-state index in [1.54, 1.807) is 0 Å². The molecule has 10 N–H and O–H groups in total. The number of carbonyl (C=O) groups is 5. The minimum atomic E-state index is -1.88. The molecule has 1 atom stereocenters. The fourth-order valence-electron chi connectivity index (χ4n) is 4.23. The van der Waals surface area contributed by atoms with Gasteiger partial charge in [-0.05, 0) is 38.3 Å². The summed E-state index contributed by atoms with van der Waals surface area (Å²) in [4.78, 5) is 64.1. The van der Waals surface area contributed by atoms with Crippen molar-refractivity contribution in [1.82, 2.24) is 26.0 Å². The van der Waals surface area contributed by atoms with Crippen LogP contribution in [0.4, 0.5) is 0 Å². The molecule has 0 saturated carbocycles. The van der Waals surface area contributed by atoms with Crippen molar-refractivity contribution in [1.29, 1.82) is 10.8 Å². The van der Waals surface area contributed by atoms with E-state index in [1.807, 2.05) is 0 Å². The number of hydrogen-bond donors (Lipinski definition) is 8. The molecule has 1 aromatic rings. The molecule has 1 aliphatic heterocycles. The fraction of sp³-hybridized carbons (Fsp3) is 0.458. The number of rotatable bonds is 14. The van der Waals surface area contributed by atoms with Crippen molar-refractivity contribution in [3.63, 3.8) is 0 Å². The van der Waals surface area contributed by atoms with Crippen LogP contribution in [0, 0.1) is 10.8 Å². The van der Waals surface area contributed by atoms with Gasteiger partial charge in [-0.2, -0.15) is 5.01 Å². The van der Waals surface area contributed by atoms with Crippen molar-refractivity contribution < 1.29 is 29.1 Å². The number of ketones is 1. The number of carboxylic acid groups (broad SMARTS) is 1. The number of nitrogens with zero attached hydrogens (tertiary/aromatic N) is 2. The molecule has 1 aliphatic rings. The zero-order valence-electron chi connectivity index (χ0n) is 21.7. The van der Waals surface area contributed by atoms with Gasteiger partial charge in [0.2, 0.25) is 5.91 Å². The first-order valence-corrected chi connectivity index (χ1v) is 12.3. The monoisotopic (exact) mass is 545 g/mol. The van der Waals surface area contributed by atoms with E-state index in [0.717, 1.165) is 4.90 Å². The number of nitrogens with two attached hydrogens (primary N) is 2. The number of benzene rings is 1. The molecule has 0 spiro atoms. The maximum Gasteiger partial charge on any atom is 0.323 e. The van der Waals surface area contributed by atoms with Gasteiger partial charge in [0, 0.05) is 43.7 Å². The summed E-state index contributed by atoms with van der Waals surface area (Å²) in [5.41, 5.74) is 12.0. The van der Waals surface area contributed by atoms with Crippen LogP contribution in [0.5, 0.6) is 0 Å². The van der Waals surface area contributed by atoms with Crippen molar-refractivity contribution >= 4 is 41.3 Å². The highest BCUT2D eigenvalue weighted by Gasteiger charge is 2.53. The molecule has 15 nitrogen and oxygen atoms in total. The van der Waals surface area contributed by atoms with E-state index in [2.05, 4.69) is 16.1 Å². The smallest absolute Gasteiger partial charge is 0.323 e. The molecule has 212 valence electrons. The number of aliphatic carboxylic acids is 1. The van der Waals surface area contributed by atoms with Gasteiger partial charge in [0.25, 0.3) is 11.8 Å². The molecule has 1 heterocycles. The van der Waals surface area contributed by atoms with Gasteiger partial charge in [-0.3, -0.25) is 40.2 Å². The third-order valence-electron chi connectivity index (χ3n) is 6.23. The molecule has 1 saturated heterocycles. The van der Waals surface area contributed by atoms with Crippen LogP contribution in [0.15, 0.2) is 24.3 Å².